The van der Waals surface area contributed by atoms with Crippen molar-refractivity contribution in [2.24, 2.45) is 0 Å². The van der Waals surface area contributed by atoms with Crippen molar-refractivity contribution in [2.45, 2.75) is 0 Å². The molecule has 3 rings (SSSR count). The Balaban J connectivity index is 2.12. The molecule has 0 aliphatic carbocycles. The number of fused-ring (bicyclic) bond motifs is 1. The van der Waals surface area contributed by atoms with Crippen molar-refractivity contribution < 1.29 is 4.39 Å². The van der Waals surface area contributed by atoms with Gasteiger partial charge < -0.3 is 5.32 Å². The highest BCUT2D eigenvalue weighted by Crippen LogP contribution is 2.29. The highest BCUT2D eigenvalue weighted by molar-refractivity contribution is 9.10. The number of nitriles is 1. The van der Waals surface area contributed by atoms with Crippen molar-refractivity contribution in [3.63, 3.8) is 0 Å². The second-order valence-electron chi connectivity index (χ2n) is 4.41. The first-order valence-electron chi connectivity index (χ1n) is 6.20. The van der Waals surface area contributed by atoms with Gasteiger partial charge in [0.05, 0.1) is 22.8 Å². The fraction of sp³-hybridized carbons (Fsp3) is 0. The second-order valence-corrected chi connectivity index (χ2v) is 5.26. The number of anilines is 2. The Morgan fingerprint density at radius 1 is 1.14 bits per heavy atom. The van der Waals surface area contributed by atoms with Crippen LogP contribution in [-0.2, 0) is 0 Å². The number of nitrogens with zero attached hydrogens (tertiary/aromatic N) is 2. The lowest BCUT2D eigenvalue weighted by molar-refractivity contribution is 0.631. The van der Waals surface area contributed by atoms with E-state index in [1.54, 1.807) is 18.2 Å². The third kappa shape index (κ3) is 2.58. The Morgan fingerprint density at radius 3 is 2.71 bits per heavy atom. The predicted octanol–water partition coefficient (Wildman–Crippen LogP) is 4.75. The van der Waals surface area contributed by atoms with Crippen molar-refractivity contribution in [2.75, 3.05) is 5.32 Å². The van der Waals surface area contributed by atoms with Gasteiger partial charge in [-0.2, -0.15) is 5.26 Å². The summed E-state index contributed by atoms with van der Waals surface area (Å²) in [7, 11) is 0. The van der Waals surface area contributed by atoms with E-state index in [1.165, 1.54) is 6.07 Å². The zero-order chi connectivity index (χ0) is 14.8. The lowest BCUT2D eigenvalue weighted by Gasteiger charge is -2.10. The molecule has 0 atom stereocenters. The standard InChI is InChI=1S/C16H9BrFN3/c17-12-5-3-6-13(18)16(12)21-15-8-10(9-19)11-4-1-2-7-14(11)20-15/h1-8H,(H,20,21). The van der Waals surface area contributed by atoms with Crippen molar-refractivity contribution in [3.05, 3.63) is 64.4 Å². The molecule has 21 heavy (non-hydrogen) atoms. The smallest absolute Gasteiger partial charge is 0.147 e. The average molecular weight is 342 g/mol. The predicted molar refractivity (Wildman–Crippen MR) is 83.8 cm³/mol. The number of rotatable bonds is 2. The summed E-state index contributed by atoms with van der Waals surface area (Å²) in [4.78, 5) is 4.41. The summed E-state index contributed by atoms with van der Waals surface area (Å²) in [5, 5.41) is 12.9. The number of halogens is 2. The maximum Gasteiger partial charge on any atom is 0.147 e. The fourth-order valence-corrected chi connectivity index (χ4v) is 2.52. The number of pyridine rings is 1. The third-order valence-corrected chi connectivity index (χ3v) is 3.71. The molecule has 0 spiro atoms. The average Bonchev–Trinajstić information content (AvgIpc) is 2.50. The molecule has 0 saturated carbocycles. The van der Waals surface area contributed by atoms with Crippen LogP contribution in [0.5, 0.6) is 0 Å². The summed E-state index contributed by atoms with van der Waals surface area (Å²) in [6.45, 7) is 0. The lowest BCUT2D eigenvalue weighted by atomic mass is 10.1. The van der Waals surface area contributed by atoms with E-state index >= 15 is 0 Å². The van der Waals surface area contributed by atoms with Gasteiger partial charge in [-0.05, 0) is 40.2 Å². The monoisotopic (exact) mass is 341 g/mol. The minimum atomic E-state index is -0.391. The molecule has 0 saturated heterocycles. The van der Waals surface area contributed by atoms with E-state index in [0.29, 0.717) is 27.1 Å². The molecule has 0 unspecified atom stereocenters. The van der Waals surface area contributed by atoms with E-state index in [-0.39, 0.29) is 0 Å². The van der Waals surface area contributed by atoms with Crippen LogP contribution in [0.15, 0.2) is 53.0 Å². The van der Waals surface area contributed by atoms with Crippen LogP contribution in [0.1, 0.15) is 5.56 Å². The summed E-state index contributed by atoms with van der Waals surface area (Å²) >= 11 is 3.29. The zero-order valence-corrected chi connectivity index (χ0v) is 12.4. The molecule has 3 nitrogen and oxygen atoms in total. The van der Waals surface area contributed by atoms with Crippen LogP contribution in [0.4, 0.5) is 15.9 Å². The van der Waals surface area contributed by atoms with E-state index in [9.17, 15) is 9.65 Å². The molecule has 0 bridgehead atoms. The second kappa shape index (κ2) is 5.51. The fourth-order valence-electron chi connectivity index (χ4n) is 2.08. The summed E-state index contributed by atoms with van der Waals surface area (Å²) < 4.78 is 14.4. The van der Waals surface area contributed by atoms with Gasteiger partial charge in [0, 0.05) is 9.86 Å². The van der Waals surface area contributed by atoms with Gasteiger partial charge in [0.2, 0.25) is 0 Å². The number of benzene rings is 2. The van der Waals surface area contributed by atoms with Crippen LogP contribution in [0.3, 0.4) is 0 Å². The van der Waals surface area contributed by atoms with Crippen LogP contribution in [0.2, 0.25) is 0 Å². The van der Waals surface area contributed by atoms with Crippen LogP contribution in [-0.4, -0.2) is 4.98 Å². The molecule has 0 amide bonds. The number of hydrogen-bond acceptors (Lipinski definition) is 3. The largest absolute Gasteiger partial charge is 0.337 e. The summed E-state index contributed by atoms with van der Waals surface area (Å²) in [5.41, 5.74) is 1.48. The summed E-state index contributed by atoms with van der Waals surface area (Å²) in [5.74, 6) is 0.0360. The molecule has 1 heterocycles. The van der Waals surface area contributed by atoms with Crippen molar-refractivity contribution in [1.82, 2.24) is 4.98 Å². The van der Waals surface area contributed by atoms with Gasteiger partial charge in [-0.1, -0.05) is 24.3 Å². The quantitative estimate of drug-likeness (QED) is 0.731. The number of hydrogen-bond donors (Lipinski definition) is 1. The molecular weight excluding hydrogens is 333 g/mol. The number of aromatic nitrogens is 1. The Hall–Kier alpha value is -2.45. The molecule has 1 aromatic heterocycles. The SMILES string of the molecule is N#Cc1cc(Nc2c(F)cccc2Br)nc2ccccc12. The first-order chi connectivity index (χ1) is 10.2. The summed E-state index contributed by atoms with van der Waals surface area (Å²) in [6.07, 6.45) is 0. The van der Waals surface area contributed by atoms with Crippen molar-refractivity contribution in [3.8, 4) is 6.07 Å². The van der Waals surface area contributed by atoms with Crippen LogP contribution < -0.4 is 5.32 Å². The Bertz CT molecular complexity index is 851. The highest BCUT2D eigenvalue weighted by atomic mass is 79.9. The van der Waals surface area contributed by atoms with Gasteiger partial charge in [0.15, 0.2) is 0 Å². The minimum Gasteiger partial charge on any atom is -0.337 e. The third-order valence-electron chi connectivity index (χ3n) is 3.05. The van der Waals surface area contributed by atoms with Gasteiger partial charge in [0.25, 0.3) is 0 Å². The molecule has 1 N–H and O–H groups in total. The van der Waals surface area contributed by atoms with Gasteiger partial charge in [-0.25, -0.2) is 9.37 Å². The maximum atomic E-state index is 13.8. The zero-order valence-electron chi connectivity index (χ0n) is 10.8. The maximum absolute atomic E-state index is 13.8. The van der Waals surface area contributed by atoms with E-state index in [0.717, 1.165) is 5.39 Å². The first-order valence-corrected chi connectivity index (χ1v) is 6.99. The molecule has 3 aromatic rings. The van der Waals surface area contributed by atoms with Crippen LogP contribution in [0.25, 0.3) is 10.9 Å². The Kier molecular flexibility index (Phi) is 3.55. The van der Waals surface area contributed by atoms with E-state index in [1.807, 2.05) is 24.3 Å². The molecule has 0 fully saturated rings. The number of nitrogens with one attached hydrogen (secondary N) is 1. The summed E-state index contributed by atoms with van der Waals surface area (Å²) in [6, 6.07) is 15.8. The van der Waals surface area contributed by atoms with Crippen LogP contribution >= 0.6 is 15.9 Å². The lowest BCUT2D eigenvalue weighted by Crippen LogP contribution is -1.98. The highest BCUT2D eigenvalue weighted by Gasteiger charge is 2.10. The molecule has 0 aliphatic rings. The van der Waals surface area contributed by atoms with Gasteiger partial charge >= 0.3 is 0 Å². The topological polar surface area (TPSA) is 48.7 Å². The van der Waals surface area contributed by atoms with E-state index in [2.05, 4.69) is 32.3 Å². The van der Waals surface area contributed by atoms with Crippen molar-refractivity contribution >= 4 is 38.3 Å². The van der Waals surface area contributed by atoms with Crippen molar-refractivity contribution in [1.29, 1.82) is 5.26 Å². The molecular formula is C16H9BrFN3. The molecule has 2 aromatic carbocycles. The van der Waals surface area contributed by atoms with Gasteiger partial charge in [-0.15, -0.1) is 0 Å². The normalized spacial score (nSPS) is 10.3. The Morgan fingerprint density at radius 2 is 1.95 bits per heavy atom. The van der Waals surface area contributed by atoms with Crippen LogP contribution in [0, 0.1) is 17.1 Å². The number of para-hydroxylation sites is 2. The molecule has 5 heteroatoms. The molecule has 102 valence electrons. The van der Waals surface area contributed by atoms with E-state index in [4.69, 9.17) is 0 Å². The van der Waals surface area contributed by atoms with E-state index < -0.39 is 5.82 Å². The minimum absolute atomic E-state index is 0.296. The van der Waals surface area contributed by atoms with Gasteiger partial charge in [-0.3, -0.25) is 0 Å². The molecule has 0 radical (unpaired) electrons. The first kappa shape index (κ1) is 13.5. The molecule has 0 aliphatic heterocycles. The Labute approximate surface area is 129 Å². The van der Waals surface area contributed by atoms with Gasteiger partial charge in [0.1, 0.15) is 11.6 Å².